The van der Waals surface area contributed by atoms with Gasteiger partial charge in [0.1, 0.15) is 12.3 Å². The molecule has 0 unspecified atom stereocenters. The Hall–Kier alpha value is -2.60. The highest BCUT2D eigenvalue weighted by molar-refractivity contribution is 8.00. The maximum absolute atomic E-state index is 13.2. The highest BCUT2D eigenvalue weighted by Crippen LogP contribution is 2.37. The molecule has 2 heterocycles. The molecule has 0 spiro atoms. The van der Waals surface area contributed by atoms with Gasteiger partial charge in [-0.15, -0.1) is 11.8 Å². The fourth-order valence-corrected chi connectivity index (χ4v) is 6.50. The summed E-state index contributed by atoms with van der Waals surface area (Å²) in [5, 5.41) is 2.94. The van der Waals surface area contributed by atoms with Gasteiger partial charge in [0.15, 0.2) is 0 Å². The lowest BCUT2D eigenvalue weighted by atomic mass is 10.1. The van der Waals surface area contributed by atoms with Gasteiger partial charge in [0.2, 0.25) is 21.8 Å². The molecule has 0 aromatic heterocycles. The maximum Gasteiger partial charge on any atom is 0.243 e. The second kappa shape index (κ2) is 12.3. The van der Waals surface area contributed by atoms with E-state index in [1.165, 1.54) is 27.0 Å². The SMILES string of the molecule is CCCCOc1ccc([C@H](C)NC(=O)CN2C(=O)CSc3ccc(S(=O)(=O)N4CCOCC4)cc32)cc1. The number of sulfonamides is 1. The van der Waals surface area contributed by atoms with Crippen LogP contribution < -0.4 is 15.0 Å². The van der Waals surface area contributed by atoms with E-state index in [0.29, 0.717) is 25.5 Å². The number of carbonyl (C=O) groups is 2. The fraction of sp³-hybridized carbons (Fsp3) is 0.462. The molecule has 4 rings (SSSR count). The molecule has 2 aromatic carbocycles. The summed E-state index contributed by atoms with van der Waals surface area (Å²) in [4.78, 5) is 28.0. The molecule has 1 saturated heterocycles. The number of fused-ring (bicyclic) bond motifs is 1. The van der Waals surface area contributed by atoms with E-state index in [1.807, 2.05) is 31.2 Å². The predicted molar refractivity (Wildman–Crippen MR) is 142 cm³/mol. The first-order valence-corrected chi connectivity index (χ1v) is 14.9. The van der Waals surface area contributed by atoms with E-state index in [1.54, 1.807) is 12.1 Å². The molecular formula is C26H33N3O6S2. The van der Waals surface area contributed by atoms with Crippen molar-refractivity contribution in [2.24, 2.45) is 0 Å². The number of amides is 2. The fourth-order valence-electron chi connectivity index (χ4n) is 4.15. The second-order valence-electron chi connectivity index (χ2n) is 8.97. The number of rotatable bonds is 10. The topological polar surface area (TPSA) is 105 Å². The summed E-state index contributed by atoms with van der Waals surface area (Å²) in [6, 6.07) is 12.1. The first-order chi connectivity index (χ1) is 17.8. The van der Waals surface area contributed by atoms with Gasteiger partial charge < -0.3 is 19.7 Å². The van der Waals surface area contributed by atoms with Gasteiger partial charge in [-0.3, -0.25) is 9.59 Å². The molecule has 0 saturated carbocycles. The number of thioether (sulfide) groups is 1. The van der Waals surface area contributed by atoms with Crippen molar-refractivity contribution in [1.29, 1.82) is 0 Å². The minimum atomic E-state index is -3.74. The predicted octanol–water partition coefficient (Wildman–Crippen LogP) is 3.20. The Balaban J connectivity index is 1.45. The molecule has 0 aliphatic carbocycles. The number of benzene rings is 2. The average molecular weight is 548 g/mol. The molecule has 2 amide bonds. The smallest absolute Gasteiger partial charge is 0.243 e. The normalized spacial score (nSPS) is 17.2. The first kappa shape index (κ1) is 27.4. The van der Waals surface area contributed by atoms with Crippen molar-refractivity contribution in [2.75, 3.05) is 50.1 Å². The van der Waals surface area contributed by atoms with Crippen LogP contribution in [-0.2, 0) is 24.3 Å². The zero-order valence-corrected chi connectivity index (χ0v) is 22.8. The monoisotopic (exact) mass is 547 g/mol. The molecule has 2 aromatic rings. The molecular weight excluding hydrogens is 514 g/mol. The number of nitrogens with one attached hydrogen (secondary N) is 1. The molecule has 0 bridgehead atoms. The Morgan fingerprint density at radius 1 is 1.16 bits per heavy atom. The van der Waals surface area contributed by atoms with Crippen molar-refractivity contribution in [3.8, 4) is 5.75 Å². The Kier molecular flexibility index (Phi) is 9.12. The number of hydrogen-bond acceptors (Lipinski definition) is 7. The van der Waals surface area contributed by atoms with Gasteiger partial charge in [-0.25, -0.2) is 8.42 Å². The minimum absolute atomic E-state index is 0.100. The highest BCUT2D eigenvalue weighted by Gasteiger charge is 2.31. The van der Waals surface area contributed by atoms with E-state index in [-0.39, 0.29) is 48.1 Å². The molecule has 9 nitrogen and oxygen atoms in total. The van der Waals surface area contributed by atoms with Crippen molar-refractivity contribution in [2.45, 2.75) is 42.5 Å². The van der Waals surface area contributed by atoms with Gasteiger partial charge >= 0.3 is 0 Å². The van der Waals surface area contributed by atoms with Gasteiger partial charge in [0.05, 0.1) is 42.2 Å². The highest BCUT2D eigenvalue weighted by atomic mass is 32.2. The van der Waals surface area contributed by atoms with Crippen LogP contribution in [-0.4, -0.2) is 69.7 Å². The lowest BCUT2D eigenvalue weighted by molar-refractivity contribution is -0.123. The molecule has 1 N–H and O–H groups in total. The Bertz CT molecular complexity index is 1210. The van der Waals surface area contributed by atoms with Crippen molar-refractivity contribution in [3.63, 3.8) is 0 Å². The van der Waals surface area contributed by atoms with Crippen LogP contribution in [0, 0.1) is 0 Å². The Morgan fingerprint density at radius 2 is 1.89 bits per heavy atom. The molecule has 37 heavy (non-hydrogen) atoms. The van der Waals surface area contributed by atoms with Crippen LogP contribution in [0.4, 0.5) is 5.69 Å². The van der Waals surface area contributed by atoms with E-state index < -0.39 is 10.0 Å². The summed E-state index contributed by atoms with van der Waals surface area (Å²) in [6.45, 7) is 5.70. The third-order valence-electron chi connectivity index (χ3n) is 6.31. The zero-order chi connectivity index (χ0) is 26.4. The van der Waals surface area contributed by atoms with Crippen LogP contribution in [0.1, 0.15) is 38.3 Å². The summed E-state index contributed by atoms with van der Waals surface area (Å²) in [5.74, 6) is 0.398. The number of carbonyl (C=O) groups excluding carboxylic acids is 2. The van der Waals surface area contributed by atoms with E-state index in [4.69, 9.17) is 9.47 Å². The Labute approximate surface area is 222 Å². The second-order valence-corrected chi connectivity index (χ2v) is 11.9. The lowest BCUT2D eigenvalue weighted by Crippen LogP contribution is -2.44. The Morgan fingerprint density at radius 3 is 2.59 bits per heavy atom. The number of anilines is 1. The third kappa shape index (κ3) is 6.64. The maximum atomic E-state index is 13.2. The summed E-state index contributed by atoms with van der Waals surface area (Å²) in [6.07, 6.45) is 2.06. The molecule has 200 valence electrons. The number of nitrogens with zero attached hydrogens (tertiary/aromatic N) is 2. The molecule has 2 aliphatic rings. The van der Waals surface area contributed by atoms with Crippen molar-refractivity contribution < 1.29 is 27.5 Å². The average Bonchev–Trinajstić information content (AvgIpc) is 2.91. The van der Waals surface area contributed by atoms with Crippen LogP contribution in [0.25, 0.3) is 0 Å². The molecule has 11 heteroatoms. The van der Waals surface area contributed by atoms with E-state index >= 15 is 0 Å². The third-order valence-corrected chi connectivity index (χ3v) is 9.25. The standard InChI is InChI=1S/C26H33N3O6S2/c1-3-4-13-35-21-7-5-20(6-8-21)19(2)27-25(30)17-29-23-16-22(9-10-24(23)36-18-26(29)31)37(32,33)28-11-14-34-15-12-28/h5-10,16,19H,3-4,11-15,17-18H2,1-2H3,(H,27,30)/t19-/m0/s1. The minimum Gasteiger partial charge on any atom is -0.494 e. The number of hydrogen-bond donors (Lipinski definition) is 1. The van der Waals surface area contributed by atoms with Crippen LogP contribution in [0.15, 0.2) is 52.3 Å². The summed E-state index contributed by atoms with van der Waals surface area (Å²) < 4.78 is 38.7. The quantitative estimate of drug-likeness (QED) is 0.456. The van der Waals surface area contributed by atoms with Crippen LogP contribution >= 0.6 is 11.8 Å². The van der Waals surface area contributed by atoms with Gasteiger partial charge in [-0.1, -0.05) is 25.5 Å². The van der Waals surface area contributed by atoms with Crippen LogP contribution in [0.5, 0.6) is 5.75 Å². The van der Waals surface area contributed by atoms with Crippen molar-refractivity contribution in [3.05, 3.63) is 48.0 Å². The van der Waals surface area contributed by atoms with E-state index in [2.05, 4.69) is 12.2 Å². The van der Waals surface area contributed by atoms with Crippen molar-refractivity contribution >= 4 is 39.3 Å². The van der Waals surface area contributed by atoms with E-state index in [0.717, 1.165) is 29.1 Å². The molecule has 0 radical (unpaired) electrons. The summed E-state index contributed by atoms with van der Waals surface area (Å²) >= 11 is 1.34. The van der Waals surface area contributed by atoms with Crippen LogP contribution in [0.3, 0.4) is 0 Å². The number of unbranched alkanes of at least 4 members (excludes halogenated alkanes) is 1. The summed E-state index contributed by atoms with van der Waals surface area (Å²) in [7, 11) is -3.74. The largest absolute Gasteiger partial charge is 0.494 e. The number of morpholine rings is 1. The van der Waals surface area contributed by atoms with Gasteiger partial charge in [-0.05, 0) is 49.2 Å². The van der Waals surface area contributed by atoms with Gasteiger partial charge in [0, 0.05) is 18.0 Å². The molecule has 2 aliphatic heterocycles. The molecule has 1 atom stereocenters. The lowest BCUT2D eigenvalue weighted by Gasteiger charge is -2.30. The van der Waals surface area contributed by atoms with Gasteiger partial charge in [-0.2, -0.15) is 4.31 Å². The number of ether oxygens (including phenoxy) is 2. The summed E-state index contributed by atoms with van der Waals surface area (Å²) in [5.41, 5.74) is 1.35. The zero-order valence-electron chi connectivity index (χ0n) is 21.1. The van der Waals surface area contributed by atoms with E-state index in [9.17, 15) is 18.0 Å². The van der Waals surface area contributed by atoms with Crippen molar-refractivity contribution in [1.82, 2.24) is 9.62 Å². The molecule has 1 fully saturated rings. The van der Waals surface area contributed by atoms with Gasteiger partial charge in [0.25, 0.3) is 0 Å². The van der Waals surface area contributed by atoms with Crippen LogP contribution in [0.2, 0.25) is 0 Å². The first-order valence-electron chi connectivity index (χ1n) is 12.5.